The smallest absolute Gasteiger partial charge is 0.662 e. The Kier molecular flexibility index (Phi) is 28.4. The molecule has 0 aliphatic rings. The van der Waals surface area contributed by atoms with E-state index in [0.717, 1.165) is 18.6 Å². The molecule has 8 nitrogen and oxygen atoms in total. The molecule has 1 aromatic rings. The number of hydrogen-bond acceptors (Lipinski definition) is 5. The molecular weight excluding hydrogens is 555 g/mol. The molecule has 1 rings (SSSR count). The summed E-state index contributed by atoms with van der Waals surface area (Å²) in [5, 5.41) is 13.9. The van der Waals surface area contributed by atoms with Crippen LogP contribution in [0.4, 0.5) is 0 Å². The van der Waals surface area contributed by atoms with Crippen LogP contribution in [-0.4, -0.2) is 40.4 Å². The van der Waals surface area contributed by atoms with Gasteiger partial charge in [-0.3, -0.25) is 14.1 Å². The van der Waals surface area contributed by atoms with E-state index in [-0.39, 0.29) is 29.6 Å². The van der Waals surface area contributed by atoms with Crippen molar-refractivity contribution in [1.82, 2.24) is 0 Å². The molecule has 0 aliphatic heterocycles. The van der Waals surface area contributed by atoms with Gasteiger partial charge in [-0.25, -0.2) is 0 Å². The van der Waals surface area contributed by atoms with E-state index in [0.29, 0.717) is 0 Å². The van der Waals surface area contributed by atoms with E-state index >= 15 is 0 Å². The molecule has 1 unspecified atom stereocenters. The maximum absolute atomic E-state index is 10.2. The summed E-state index contributed by atoms with van der Waals surface area (Å²) < 4.78 is 34.4. The van der Waals surface area contributed by atoms with Crippen LogP contribution in [0.3, 0.4) is 0 Å². The van der Waals surface area contributed by atoms with Gasteiger partial charge >= 0.3 is 41.5 Å². The zero-order chi connectivity index (χ0) is 30.1. The first-order valence-corrected chi connectivity index (χ1v) is 16.6. The summed E-state index contributed by atoms with van der Waals surface area (Å²) >= 11 is 0. The summed E-state index contributed by atoms with van der Waals surface area (Å²) in [4.78, 5) is 20.0. The predicted octanol–water partition coefficient (Wildman–Crippen LogP) is 5.25. The molecule has 0 fully saturated rings. The van der Waals surface area contributed by atoms with Crippen LogP contribution in [0.5, 0.6) is 5.75 Å². The fraction of sp³-hybridized carbons (Fsp3) is 0.710. The standard InChI is InChI=1S/C27H47O.C4H6O7S.Na/c1-3-5-6-7-8-9-10-11-12-13-14-15-16-17-18-19-22-26-23-20-21-24-27(26)28-25-4-2;5-3(6)1-2(4(7)8)12(9,10)11;/h20-21,23-25H,3-19,22H2,1-2H3;2H,1H2,(H,5,6)(H,7,8)(H,9,10,11);/q-1;;+1. The van der Waals surface area contributed by atoms with Gasteiger partial charge in [0.25, 0.3) is 10.1 Å². The number of ether oxygens (including phenoxy) is 1. The number of benzene rings is 1. The van der Waals surface area contributed by atoms with E-state index in [4.69, 9.17) is 19.5 Å². The third-order valence-electron chi connectivity index (χ3n) is 6.64. The van der Waals surface area contributed by atoms with Crippen molar-refractivity contribution in [3.8, 4) is 5.75 Å². The van der Waals surface area contributed by atoms with Crippen molar-refractivity contribution in [1.29, 1.82) is 0 Å². The Morgan fingerprint density at radius 1 is 0.780 bits per heavy atom. The molecule has 0 bridgehead atoms. The molecule has 0 radical (unpaired) electrons. The van der Waals surface area contributed by atoms with Crippen LogP contribution < -0.4 is 34.3 Å². The molecule has 0 saturated carbocycles. The van der Waals surface area contributed by atoms with E-state index in [9.17, 15) is 18.0 Å². The predicted molar refractivity (Wildman–Crippen MR) is 160 cm³/mol. The Labute approximate surface area is 271 Å². The van der Waals surface area contributed by atoms with Crippen LogP contribution in [-0.2, 0) is 26.1 Å². The Balaban J connectivity index is 0. The number of aryl methyl sites for hydroxylation is 1. The van der Waals surface area contributed by atoms with Crippen LogP contribution in [0, 0.1) is 6.61 Å². The molecule has 0 amide bonds. The quantitative estimate of drug-likeness (QED) is 0.0626. The van der Waals surface area contributed by atoms with Gasteiger partial charge in [-0.05, 0) is 24.5 Å². The van der Waals surface area contributed by atoms with Gasteiger partial charge in [0, 0.05) is 0 Å². The summed E-state index contributed by atoms with van der Waals surface area (Å²) in [5.74, 6) is -2.45. The van der Waals surface area contributed by atoms with E-state index in [1.54, 1.807) is 0 Å². The minimum atomic E-state index is -4.84. The van der Waals surface area contributed by atoms with Crippen LogP contribution in [0.25, 0.3) is 0 Å². The fourth-order valence-corrected chi connectivity index (χ4v) is 4.95. The molecule has 232 valence electrons. The van der Waals surface area contributed by atoms with Crippen LogP contribution in [0.2, 0.25) is 0 Å². The second kappa shape index (κ2) is 27.7. The van der Waals surface area contributed by atoms with Gasteiger partial charge < -0.3 is 14.9 Å². The number of aliphatic carboxylic acids is 2. The molecule has 0 heterocycles. The first-order chi connectivity index (χ1) is 19.1. The summed E-state index contributed by atoms with van der Waals surface area (Å²) in [6.07, 6.45) is 23.7. The van der Waals surface area contributed by atoms with E-state index in [2.05, 4.69) is 38.1 Å². The number of hydrogen-bond donors (Lipinski definition) is 3. The van der Waals surface area contributed by atoms with Crippen LogP contribution >= 0.6 is 0 Å². The Morgan fingerprint density at radius 2 is 1.22 bits per heavy atom. The number of carboxylic acids is 2. The average Bonchev–Trinajstić information content (AvgIpc) is 2.90. The van der Waals surface area contributed by atoms with Gasteiger partial charge in [0.2, 0.25) is 0 Å². The van der Waals surface area contributed by atoms with Crippen molar-refractivity contribution in [2.45, 2.75) is 141 Å². The average molecular weight is 609 g/mol. The number of carboxylic acid groups (broad SMARTS) is 2. The molecule has 1 atom stereocenters. The Bertz CT molecular complexity index is 892. The Morgan fingerprint density at radius 3 is 1.59 bits per heavy atom. The van der Waals surface area contributed by atoms with Crippen molar-refractivity contribution >= 4 is 22.1 Å². The fourth-order valence-electron chi connectivity index (χ4n) is 4.34. The van der Waals surface area contributed by atoms with Gasteiger partial charge in [0.1, 0.15) is 0 Å². The maximum atomic E-state index is 10.2. The third-order valence-corrected chi connectivity index (χ3v) is 7.73. The molecule has 0 saturated heterocycles. The molecule has 0 aliphatic carbocycles. The molecule has 0 aromatic heterocycles. The van der Waals surface area contributed by atoms with Gasteiger partial charge in [-0.15, -0.1) is 6.42 Å². The molecule has 41 heavy (non-hydrogen) atoms. The summed E-state index contributed by atoms with van der Waals surface area (Å²) in [7, 11) is -4.84. The number of para-hydroxylation sites is 1. The molecular formula is C31H53NaO8S. The molecule has 0 spiro atoms. The van der Waals surface area contributed by atoms with Crippen LogP contribution in [0.1, 0.15) is 135 Å². The largest absolute Gasteiger partial charge is 1.00 e. The van der Waals surface area contributed by atoms with E-state index in [1.165, 1.54) is 108 Å². The number of carbonyl (C=O) groups is 2. The van der Waals surface area contributed by atoms with Crippen molar-refractivity contribution in [3.05, 3.63) is 36.4 Å². The first-order valence-electron chi connectivity index (χ1n) is 15.1. The molecule has 10 heteroatoms. The maximum Gasteiger partial charge on any atom is 1.00 e. The van der Waals surface area contributed by atoms with Crippen molar-refractivity contribution in [2.75, 3.05) is 0 Å². The summed E-state index contributed by atoms with van der Waals surface area (Å²) in [6.45, 7) is 6.30. The summed E-state index contributed by atoms with van der Waals surface area (Å²) in [6, 6.07) is 8.49. The van der Waals surface area contributed by atoms with Crippen LogP contribution in [0.15, 0.2) is 24.3 Å². The van der Waals surface area contributed by atoms with Crippen molar-refractivity contribution in [3.63, 3.8) is 0 Å². The normalized spacial score (nSPS) is 11.6. The van der Waals surface area contributed by atoms with Crippen molar-refractivity contribution in [2.24, 2.45) is 0 Å². The third kappa shape index (κ3) is 25.1. The zero-order valence-electron chi connectivity index (χ0n) is 25.7. The first kappa shape index (κ1) is 42.0. The number of unbranched alkanes of at least 4 members (excludes halogenated alkanes) is 15. The van der Waals surface area contributed by atoms with Crippen molar-refractivity contribution < 1.29 is 67.1 Å². The summed E-state index contributed by atoms with van der Waals surface area (Å²) in [5.41, 5.74) is 1.36. The Hall–Kier alpha value is -1.13. The zero-order valence-corrected chi connectivity index (χ0v) is 28.5. The monoisotopic (exact) mass is 608 g/mol. The van der Waals surface area contributed by atoms with E-state index in [1.807, 2.05) is 6.61 Å². The minimum Gasteiger partial charge on any atom is -0.662 e. The molecule has 3 N–H and O–H groups in total. The minimum absolute atomic E-state index is 0. The van der Waals surface area contributed by atoms with Gasteiger partial charge in [0.15, 0.2) is 5.25 Å². The topological polar surface area (TPSA) is 138 Å². The molecule has 1 aromatic carbocycles. The van der Waals surface area contributed by atoms with Gasteiger partial charge in [0.05, 0.1) is 12.2 Å². The number of rotatable bonds is 24. The van der Waals surface area contributed by atoms with Gasteiger partial charge in [-0.1, -0.05) is 128 Å². The second-order valence-corrected chi connectivity index (χ2v) is 11.9. The SMILES string of the molecule is CC[CH-]Oc1ccccc1CCCCCCCCCCCCCCCCCC.O=C(O)CC(C(=O)O)S(=O)(=O)O.[Na+]. The second-order valence-electron chi connectivity index (χ2n) is 10.3. The van der Waals surface area contributed by atoms with E-state index < -0.39 is 33.7 Å². The van der Waals surface area contributed by atoms with Gasteiger partial charge in [-0.2, -0.15) is 15.0 Å².